The van der Waals surface area contributed by atoms with Crippen LogP contribution in [0.15, 0.2) is 6.33 Å². The van der Waals surface area contributed by atoms with Crippen molar-refractivity contribution in [3.63, 3.8) is 0 Å². The van der Waals surface area contributed by atoms with E-state index in [1.165, 1.54) is 0 Å². The van der Waals surface area contributed by atoms with Gasteiger partial charge in [0, 0.05) is 13.7 Å². The van der Waals surface area contributed by atoms with Crippen LogP contribution in [0.3, 0.4) is 0 Å². The van der Waals surface area contributed by atoms with Crippen molar-refractivity contribution >= 4 is 0 Å². The van der Waals surface area contributed by atoms with Crippen LogP contribution in [0, 0.1) is 0 Å². The van der Waals surface area contributed by atoms with Crippen molar-refractivity contribution in [2.75, 3.05) is 13.7 Å². The van der Waals surface area contributed by atoms with Gasteiger partial charge in [-0.3, -0.25) is 4.84 Å². The van der Waals surface area contributed by atoms with Gasteiger partial charge in [-0.25, -0.2) is 5.90 Å². The van der Waals surface area contributed by atoms with Crippen LogP contribution in [-0.4, -0.2) is 28.5 Å². The molecule has 6 heteroatoms. The van der Waals surface area contributed by atoms with Crippen LogP contribution in [0.1, 0.15) is 5.82 Å². The van der Waals surface area contributed by atoms with E-state index in [1.54, 1.807) is 13.4 Å². The van der Waals surface area contributed by atoms with E-state index in [2.05, 4.69) is 15.0 Å². The largest absolute Gasteiger partial charge is 0.383 e. The smallest absolute Gasteiger partial charge is 0.161 e. The molecule has 1 rings (SSSR count). The quantitative estimate of drug-likeness (QED) is 0.595. The predicted octanol–water partition coefficient (Wildman–Crippen LogP) is -0.685. The summed E-state index contributed by atoms with van der Waals surface area (Å²) < 4.78 is 6.73. The molecule has 0 aromatic carbocycles. The monoisotopic (exact) mass is 172 g/mol. The van der Waals surface area contributed by atoms with Crippen molar-refractivity contribution in [1.29, 1.82) is 0 Å². The van der Waals surface area contributed by atoms with Crippen LogP contribution in [-0.2, 0) is 22.7 Å². The number of nitrogens with two attached hydrogens (primary N) is 1. The Morgan fingerprint density at radius 1 is 1.67 bits per heavy atom. The van der Waals surface area contributed by atoms with Gasteiger partial charge in [-0.05, 0) is 0 Å². The van der Waals surface area contributed by atoms with Gasteiger partial charge in [0.2, 0.25) is 0 Å². The van der Waals surface area contributed by atoms with Crippen molar-refractivity contribution < 1.29 is 9.57 Å². The third-order valence-electron chi connectivity index (χ3n) is 1.44. The highest BCUT2D eigenvalue weighted by Gasteiger charge is 2.02. The third kappa shape index (κ3) is 2.26. The lowest BCUT2D eigenvalue weighted by atomic mass is 10.6. The Morgan fingerprint density at radius 3 is 3.17 bits per heavy atom. The maximum atomic E-state index is 4.90. The maximum Gasteiger partial charge on any atom is 0.161 e. The second-order valence-electron chi connectivity index (χ2n) is 2.24. The number of ether oxygens (including phenoxy) is 1. The molecule has 1 aromatic rings. The summed E-state index contributed by atoms with van der Waals surface area (Å²) in [7, 11) is 1.64. The van der Waals surface area contributed by atoms with Gasteiger partial charge in [0.15, 0.2) is 5.82 Å². The number of hydrogen-bond donors (Lipinski definition) is 1. The molecule has 0 aliphatic heterocycles. The fourth-order valence-corrected chi connectivity index (χ4v) is 0.842. The molecule has 0 unspecified atom stereocenters. The highest BCUT2D eigenvalue weighted by Crippen LogP contribution is 1.95. The zero-order valence-corrected chi connectivity index (χ0v) is 6.93. The molecule has 6 nitrogen and oxygen atoms in total. The zero-order chi connectivity index (χ0) is 8.81. The van der Waals surface area contributed by atoms with Crippen molar-refractivity contribution in [3.8, 4) is 0 Å². The van der Waals surface area contributed by atoms with Gasteiger partial charge >= 0.3 is 0 Å². The SMILES string of the molecule is COCCn1cnnc1CON. The van der Waals surface area contributed by atoms with Crippen molar-refractivity contribution in [1.82, 2.24) is 14.8 Å². The molecule has 0 amide bonds. The van der Waals surface area contributed by atoms with E-state index in [0.717, 1.165) is 0 Å². The number of hydrogen-bond acceptors (Lipinski definition) is 5. The number of aromatic nitrogens is 3. The molecule has 0 aliphatic rings. The summed E-state index contributed by atoms with van der Waals surface area (Å²) >= 11 is 0. The second kappa shape index (κ2) is 4.81. The molecule has 0 aliphatic carbocycles. The van der Waals surface area contributed by atoms with Crippen molar-refractivity contribution in [3.05, 3.63) is 12.2 Å². The van der Waals surface area contributed by atoms with E-state index < -0.39 is 0 Å². The Balaban J connectivity index is 2.51. The molecule has 0 saturated carbocycles. The molecule has 2 N–H and O–H groups in total. The Labute approximate surface area is 70.2 Å². The van der Waals surface area contributed by atoms with Crippen LogP contribution >= 0.6 is 0 Å². The van der Waals surface area contributed by atoms with Gasteiger partial charge in [0.05, 0.1) is 6.61 Å². The molecule has 68 valence electrons. The molecule has 0 fully saturated rings. The van der Waals surface area contributed by atoms with E-state index in [4.69, 9.17) is 10.6 Å². The lowest BCUT2D eigenvalue weighted by molar-refractivity contribution is 0.113. The molecular weight excluding hydrogens is 160 g/mol. The van der Waals surface area contributed by atoms with Gasteiger partial charge in [0.25, 0.3) is 0 Å². The molecule has 1 aromatic heterocycles. The lowest BCUT2D eigenvalue weighted by Gasteiger charge is -2.03. The van der Waals surface area contributed by atoms with E-state index >= 15 is 0 Å². The summed E-state index contributed by atoms with van der Waals surface area (Å²) in [5.41, 5.74) is 0. The molecule has 0 spiro atoms. The van der Waals surface area contributed by atoms with E-state index in [0.29, 0.717) is 19.0 Å². The van der Waals surface area contributed by atoms with E-state index in [9.17, 15) is 0 Å². The number of nitrogens with zero attached hydrogens (tertiary/aromatic N) is 3. The molecule has 1 heterocycles. The molecule has 12 heavy (non-hydrogen) atoms. The average Bonchev–Trinajstić information content (AvgIpc) is 2.50. The van der Waals surface area contributed by atoms with Gasteiger partial charge in [-0.15, -0.1) is 10.2 Å². The molecule has 0 radical (unpaired) electrons. The minimum atomic E-state index is 0.268. The van der Waals surface area contributed by atoms with E-state index in [1.807, 2.05) is 4.57 Å². The Kier molecular flexibility index (Phi) is 3.65. The first-order chi connectivity index (χ1) is 5.88. The maximum absolute atomic E-state index is 4.90. The van der Waals surface area contributed by atoms with Gasteiger partial charge in [-0.1, -0.05) is 0 Å². The van der Waals surface area contributed by atoms with Crippen LogP contribution < -0.4 is 5.90 Å². The van der Waals surface area contributed by atoms with Crippen molar-refractivity contribution in [2.24, 2.45) is 5.90 Å². The highest BCUT2D eigenvalue weighted by atomic mass is 16.6. The number of rotatable bonds is 5. The first-order valence-corrected chi connectivity index (χ1v) is 3.55. The second-order valence-corrected chi connectivity index (χ2v) is 2.24. The fourth-order valence-electron chi connectivity index (χ4n) is 0.842. The first kappa shape index (κ1) is 9.11. The molecule has 0 atom stereocenters. The summed E-state index contributed by atoms with van der Waals surface area (Å²) in [6.07, 6.45) is 1.62. The summed E-state index contributed by atoms with van der Waals surface area (Å²) in [6, 6.07) is 0. The minimum Gasteiger partial charge on any atom is -0.383 e. The normalized spacial score (nSPS) is 10.5. The molecular formula is C6H12N4O2. The average molecular weight is 172 g/mol. The van der Waals surface area contributed by atoms with Crippen LogP contribution in [0.4, 0.5) is 0 Å². The molecule has 0 bridgehead atoms. The zero-order valence-electron chi connectivity index (χ0n) is 6.93. The summed E-state index contributed by atoms with van der Waals surface area (Å²) in [6.45, 7) is 1.60. The summed E-state index contributed by atoms with van der Waals surface area (Å²) in [5, 5.41) is 7.53. The van der Waals surface area contributed by atoms with Crippen LogP contribution in [0.2, 0.25) is 0 Å². The summed E-state index contributed by atoms with van der Waals surface area (Å²) in [5.74, 6) is 5.61. The lowest BCUT2D eigenvalue weighted by Crippen LogP contribution is -2.10. The highest BCUT2D eigenvalue weighted by molar-refractivity contribution is 4.82. The third-order valence-corrected chi connectivity index (χ3v) is 1.44. The van der Waals surface area contributed by atoms with Crippen LogP contribution in [0.25, 0.3) is 0 Å². The van der Waals surface area contributed by atoms with Gasteiger partial charge < -0.3 is 9.30 Å². The minimum absolute atomic E-state index is 0.268. The molecule has 0 saturated heterocycles. The van der Waals surface area contributed by atoms with Crippen LogP contribution in [0.5, 0.6) is 0 Å². The van der Waals surface area contributed by atoms with Gasteiger partial charge in [-0.2, -0.15) is 0 Å². The standard InChI is InChI=1S/C6H12N4O2/c1-11-3-2-10-5-8-9-6(10)4-12-7/h5H,2-4,7H2,1H3. The topological polar surface area (TPSA) is 75.2 Å². The van der Waals surface area contributed by atoms with Crippen molar-refractivity contribution in [2.45, 2.75) is 13.2 Å². The fraction of sp³-hybridized carbons (Fsp3) is 0.667. The first-order valence-electron chi connectivity index (χ1n) is 3.55. The van der Waals surface area contributed by atoms with Gasteiger partial charge in [0.1, 0.15) is 12.9 Å². The summed E-state index contributed by atoms with van der Waals surface area (Å²) in [4.78, 5) is 4.44. The number of methoxy groups -OCH3 is 1. The van der Waals surface area contributed by atoms with E-state index in [-0.39, 0.29) is 6.61 Å². The Morgan fingerprint density at radius 2 is 2.50 bits per heavy atom. The Bertz CT molecular complexity index is 225. The Hall–Kier alpha value is -0.980. The predicted molar refractivity (Wildman–Crippen MR) is 40.9 cm³/mol.